The zero-order valence-corrected chi connectivity index (χ0v) is 19.7. The van der Waals surface area contributed by atoms with Crippen LogP contribution in [0.5, 0.6) is 5.75 Å². The summed E-state index contributed by atoms with van der Waals surface area (Å²) in [6.07, 6.45) is 1.66. The maximum Gasteiger partial charge on any atom is 0.306 e. The van der Waals surface area contributed by atoms with Crippen LogP contribution in [0, 0.1) is 11.3 Å². The molecule has 33 heavy (non-hydrogen) atoms. The molecule has 3 aromatic carbocycles. The number of hydrogen-bond donors (Lipinski definition) is 1. The number of fused-ring (bicyclic) bond motifs is 1. The molecule has 0 bridgehead atoms. The second-order valence-corrected chi connectivity index (χ2v) is 9.62. The van der Waals surface area contributed by atoms with Gasteiger partial charge in [0, 0.05) is 18.9 Å². The average molecular weight is 505 g/mol. The molecule has 0 spiro atoms. The average Bonchev–Trinajstić information content (AvgIpc) is 2.76. The topological polar surface area (TPSA) is 113 Å². The number of rotatable bonds is 8. The first-order valence-corrected chi connectivity index (χ1v) is 12.2. The molecule has 10 heteroatoms. The van der Waals surface area contributed by atoms with Crippen molar-refractivity contribution in [3.8, 4) is 11.8 Å². The fourth-order valence-corrected chi connectivity index (χ4v) is 4.18. The van der Waals surface area contributed by atoms with Crippen LogP contribution in [0.4, 0.5) is 0 Å². The van der Waals surface area contributed by atoms with E-state index in [0.29, 0.717) is 26.4 Å². The van der Waals surface area contributed by atoms with E-state index in [9.17, 15) is 23.3 Å². The summed E-state index contributed by atoms with van der Waals surface area (Å²) < 4.78 is 28.8. The zero-order valence-electron chi connectivity index (χ0n) is 17.3. The van der Waals surface area contributed by atoms with E-state index in [2.05, 4.69) is 5.32 Å². The molecule has 0 saturated heterocycles. The van der Waals surface area contributed by atoms with Gasteiger partial charge in [0.25, 0.3) is 5.91 Å². The highest BCUT2D eigenvalue weighted by Crippen LogP contribution is 2.33. The summed E-state index contributed by atoms with van der Waals surface area (Å²) in [5.74, 6) is -1.42. The number of carbonyl (C=O) groups excluding carboxylic acids is 2. The van der Waals surface area contributed by atoms with E-state index in [1.807, 2.05) is 6.07 Å². The lowest BCUT2D eigenvalue weighted by atomic mass is 9.95. The third-order valence-electron chi connectivity index (χ3n) is 4.89. The highest BCUT2D eigenvalue weighted by atomic mass is 35.5. The molecule has 1 unspecified atom stereocenters. The molecule has 1 atom stereocenters. The van der Waals surface area contributed by atoms with Crippen LogP contribution in [0.15, 0.2) is 48.5 Å². The molecule has 0 aromatic heterocycles. The van der Waals surface area contributed by atoms with Gasteiger partial charge in [0.15, 0.2) is 5.75 Å². The van der Waals surface area contributed by atoms with Crippen LogP contribution in [0.3, 0.4) is 0 Å². The molecule has 1 N–H and O–H groups in total. The molecule has 0 aliphatic rings. The van der Waals surface area contributed by atoms with E-state index in [0.717, 1.165) is 12.5 Å². The van der Waals surface area contributed by atoms with Crippen LogP contribution in [0.25, 0.3) is 10.8 Å². The Morgan fingerprint density at radius 1 is 1.18 bits per heavy atom. The van der Waals surface area contributed by atoms with E-state index < -0.39 is 21.9 Å². The van der Waals surface area contributed by atoms with Gasteiger partial charge in [0.05, 0.1) is 27.4 Å². The number of amides is 1. The fraction of sp³-hybridized carbons (Fsp3) is 0.174. The van der Waals surface area contributed by atoms with Gasteiger partial charge in [-0.1, -0.05) is 53.5 Å². The molecular formula is C23H18Cl2N2O5S. The van der Waals surface area contributed by atoms with Crippen LogP contribution in [-0.2, 0) is 14.9 Å². The van der Waals surface area contributed by atoms with Crippen LogP contribution >= 0.6 is 23.2 Å². The third-order valence-corrected chi connectivity index (χ3v) is 6.10. The Morgan fingerprint density at radius 3 is 2.55 bits per heavy atom. The lowest BCUT2D eigenvalue weighted by molar-refractivity contribution is -0.108. The first kappa shape index (κ1) is 24.5. The lowest BCUT2D eigenvalue weighted by Crippen LogP contribution is -2.29. The fourth-order valence-electron chi connectivity index (χ4n) is 3.40. The first-order chi connectivity index (χ1) is 15.6. The first-order valence-electron chi connectivity index (χ1n) is 9.66. The smallest absolute Gasteiger partial charge is 0.306 e. The molecule has 0 radical (unpaired) electrons. The number of nitrogens with zero attached hydrogens (tertiary/aromatic N) is 1. The van der Waals surface area contributed by atoms with Crippen LogP contribution in [-0.4, -0.2) is 33.4 Å². The Morgan fingerprint density at radius 2 is 1.91 bits per heavy atom. The van der Waals surface area contributed by atoms with Crippen molar-refractivity contribution >= 4 is 56.3 Å². The van der Waals surface area contributed by atoms with Gasteiger partial charge in [-0.2, -0.15) is 13.7 Å². The number of benzene rings is 3. The van der Waals surface area contributed by atoms with Crippen molar-refractivity contribution in [1.29, 1.82) is 5.26 Å². The summed E-state index contributed by atoms with van der Waals surface area (Å²) >= 11 is 12.0. The molecule has 0 saturated carbocycles. The molecular weight excluding hydrogens is 487 g/mol. The molecule has 3 aromatic rings. The Bertz CT molecular complexity index is 1380. The Kier molecular flexibility index (Phi) is 7.59. The lowest BCUT2D eigenvalue weighted by Gasteiger charge is -2.18. The van der Waals surface area contributed by atoms with E-state index in [1.165, 1.54) is 6.07 Å². The van der Waals surface area contributed by atoms with E-state index in [4.69, 9.17) is 27.4 Å². The highest BCUT2D eigenvalue weighted by Gasteiger charge is 2.25. The van der Waals surface area contributed by atoms with Gasteiger partial charge in [-0.15, -0.1) is 0 Å². The van der Waals surface area contributed by atoms with Crippen molar-refractivity contribution in [2.75, 3.05) is 12.8 Å². The molecule has 170 valence electrons. The number of carbonyl (C=O) groups is 2. The molecule has 0 fully saturated rings. The molecule has 0 heterocycles. The summed E-state index contributed by atoms with van der Waals surface area (Å²) in [6.45, 7) is 0.0406. The van der Waals surface area contributed by atoms with Gasteiger partial charge >= 0.3 is 10.1 Å². The minimum atomic E-state index is -4.03. The van der Waals surface area contributed by atoms with Crippen molar-refractivity contribution < 1.29 is 22.2 Å². The Hall–Kier alpha value is -3.12. The van der Waals surface area contributed by atoms with Gasteiger partial charge in [-0.25, -0.2) is 0 Å². The quantitative estimate of drug-likeness (QED) is 0.357. The van der Waals surface area contributed by atoms with Crippen LogP contribution < -0.4 is 9.50 Å². The Balaban J connectivity index is 2.03. The largest absolute Gasteiger partial charge is 0.380 e. The van der Waals surface area contributed by atoms with Gasteiger partial charge in [0.2, 0.25) is 0 Å². The van der Waals surface area contributed by atoms with Gasteiger partial charge in [0.1, 0.15) is 12.4 Å². The van der Waals surface area contributed by atoms with Crippen molar-refractivity contribution in [2.24, 2.45) is 0 Å². The summed E-state index contributed by atoms with van der Waals surface area (Å²) in [6, 6.07) is 15.0. The second kappa shape index (κ2) is 10.2. The maximum absolute atomic E-state index is 13.3. The SMILES string of the molecule is CS(=O)(=O)Oc1c(C#N)cc2ccccc2c1C(=O)NCC(CC=O)c1ccc(Cl)c(Cl)c1. The summed E-state index contributed by atoms with van der Waals surface area (Å²) in [5, 5.41) is 13.9. The number of aldehydes is 1. The van der Waals surface area contributed by atoms with E-state index in [-0.39, 0.29) is 29.8 Å². The molecule has 1 amide bonds. The number of nitriles is 1. The van der Waals surface area contributed by atoms with Gasteiger partial charge < -0.3 is 14.3 Å². The van der Waals surface area contributed by atoms with Crippen molar-refractivity contribution in [1.82, 2.24) is 5.32 Å². The van der Waals surface area contributed by atoms with Gasteiger partial charge in [-0.3, -0.25) is 4.79 Å². The highest BCUT2D eigenvalue weighted by molar-refractivity contribution is 7.86. The van der Waals surface area contributed by atoms with Crippen LogP contribution in [0.1, 0.15) is 33.8 Å². The van der Waals surface area contributed by atoms with Crippen molar-refractivity contribution in [3.05, 3.63) is 75.3 Å². The zero-order chi connectivity index (χ0) is 24.2. The van der Waals surface area contributed by atoms with Crippen molar-refractivity contribution in [2.45, 2.75) is 12.3 Å². The standard InChI is InChI=1S/C23H18Cl2N2O5S/c1-33(30,31)32-22-17(12-26)10-15-4-2-3-5-18(15)21(22)23(29)27-13-16(8-9-28)14-6-7-19(24)20(25)11-14/h2-7,9-11,16H,8,13H2,1H3,(H,27,29). The van der Waals surface area contributed by atoms with Crippen molar-refractivity contribution in [3.63, 3.8) is 0 Å². The normalized spacial score (nSPS) is 12.1. The maximum atomic E-state index is 13.3. The second-order valence-electron chi connectivity index (χ2n) is 7.23. The Labute approximate surface area is 201 Å². The number of hydrogen-bond acceptors (Lipinski definition) is 6. The number of halogens is 2. The van der Waals surface area contributed by atoms with E-state index >= 15 is 0 Å². The minimum Gasteiger partial charge on any atom is -0.380 e. The number of nitrogens with one attached hydrogen (secondary N) is 1. The summed E-state index contributed by atoms with van der Waals surface area (Å²) in [7, 11) is -4.03. The van der Waals surface area contributed by atoms with Crippen LogP contribution in [0.2, 0.25) is 10.0 Å². The summed E-state index contributed by atoms with van der Waals surface area (Å²) in [4.78, 5) is 24.5. The predicted octanol–water partition coefficient (Wildman–Crippen LogP) is 4.46. The molecule has 0 aliphatic heterocycles. The van der Waals surface area contributed by atoms with E-state index in [1.54, 1.807) is 42.5 Å². The molecule has 7 nitrogen and oxygen atoms in total. The molecule has 0 aliphatic carbocycles. The third kappa shape index (κ3) is 5.82. The minimum absolute atomic E-state index is 0.0406. The predicted molar refractivity (Wildman–Crippen MR) is 126 cm³/mol. The summed E-state index contributed by atoms with van der Waals surface area (Å²) in [5.41, 5.74) is 0.507. The van der Waals surface area contributed by atoms with Gasteiger partial charge in [-0.05, 0) is 34.5 Å². The molecule has 3 rings (SSSR count). The monoisotopic (exact) mass is 504 g/mol.